The summed E-state index contributed by atoms with van der Waals surface area (Å²) in [6.07, 6.45) is -4.57. The predicted octanol–water partition coefficient (Wildman–Crippen LogP) is 3.33. The van der Waals surface area contributed by atoms with Gasteiger partial charge in [-0.1, -0.05) is 6.07 Å². The first-order chi connectivity index (χ1) is 14.6. The molecule has 1 aromatic heterocycles. The number of amides is 1. The van der Waals surface area contributed by atoms with Crippen molar-refractivity contribution in [2.75, 3.05) is 12.8 Å². The number of carbonyl (C=O) groups is 1. The van der Waals surface area contributed by atoms with Gasteiger partial charge in [0.25, 0.3) is 11.5 Å². The Kier molecular flexibility index (Phi) is 6.00. The lowest BCUT2D eigenvalue weighted by Gasteiger charge is -2.17. The first kappa shape index (κ1) is 21.9. The maximum Gasteiger partial charge on any atom is 0.416 e. The average Bonchev–Trinajstić information content (AvgIpc) is 2.73. The highest BCUT2D eigenvalue weighted by atomic mass is 19.4. The Hall–Kier alpha value is -3.82. The molecule has 0 radical (unpaired) electrons. The monoisotopic (exact) mass is 432 g/mol. The number of carbonyl (C=O) groups excluding carboxylic acids is 1. The first-order valence-corrected chi connectivity index (χ1v) is 9.12. The fourth-order valence-corrected chi connectivity index (χ4v) is 2.90. The number of methoxy groups -OCH3 is 1. The van der Waals surface area contributed by atoms with Crippen LogP contribution in [0.15, 0.2) is 59.4 Å². The molecule has 162 valence electrons. The van der Waals surface area contributed by atoms with Crippen molar-refractivity contribution in [2.45, 2.75) is 19.1 Å². The number of hydrogen-bond acceptors (Lipinski definition) is 5. The smallest absolute Gasteiger partial charge is 0.416 e. The Morgan fingerprint density at radius 1 is 1.16 bits per heavy atom. The number of anilines is 1. The van der Waals surface area contributed by atoms with E-state index in [1.54, 1.807) is 24.3 Å². The van der Waals surface area contributed by atoms with Gasteiger partial charge in [0.05, 0.1) is 24.4 Å². The van der Waals surface area contributed by atoms with Gasteiger partial charge < -0.3 is 15.8 Å². The number of nitrogens with two attached hydrogens (primary N) is 1. The van der Waals surface area contributed by atoms with Gasteiger partial charge in [-0.25, -0.2) is 0 Å². The van der Waals surface area contributed by atoms with E-state index in [-0.39, 0.29) is 16.9 Å². The number of nitrogen functional groups attached to an aromatic ring is 1. The van der Waals surface area contributed by atoms with Crippen molar-refractivity contribution < 1.29 is 22.7 Å². The second kappa shape index (κ2) is 8.50. The van der Waals surface area contributed by atoms with Crippen LogP contribution in [-0.2, 0) is 6.18 Å². The quantitative estimate of drug-likeness (QED) is 0.603. The van der Waals surface area contributed by atoms with E-state index in [1.165, 1.54) is 32.2 Å². The topological polar surface area (TPSA) is 99.2 Å². The van der Waals surface area contributed by atoms with Crippen molar-refractivity contribution in [3.05, 3.63) is 81.8 Å². The lowest BCUT2D eigenvalue weighted by atomic mass is 10.0. The Morgan fingerprint density at radius 3 is 2.58 bits per heavy atom. The number of rotatable bonds is 5. The molecule has 0 unspecified atom stereocenters. The minimum Gasteiger partial charge on any atom is -0.497 e. The fourth-order valence-electron chi connectivity index (χ4n) is 2.90. The normalized spacial score (nSPS) is 12.3. The summed E-state index contributed by atoms with van der Waals surface area (Å²) >= 11 is 0. The van der Waals surface area contributed by atoms with E-state index in [0.717, 1.165) is 16.8 Å². The van der Waals surface area contributed by atoms with Gasteiger partial charge in [0, 0.05) is 17.8 Å². The molecular formula is C21H19F3N4O3. The molecule has 0 fully saturated rings. The zero-order valence-corrected chi connectivity index (χ0v) is 16.6. The molecule has 10 heteroatoms. The molecule has 0 aliphatic carbocycles. The largest absolute Gasteiger partial charge is 0.497 e. The summed E-state index contributed by atoms with van der Waals surface area (Å²) in [6, 6.07) is 11.3. The molecule has 3 aromatic rings. The lowest BCUT2D eigenvalue weighted by Crippen LogP contribution is -2.30. The molecule has 0 spiro atoms. The minimum atomic E-state index is -4.57. The van der Waals surface area contributed by atoms with Crippen LogP contribution in [-0.4, -0.2) is 22.8 Å². The van der Waals surface area contributed by atoms with Crippen molar-refractivity contribution in [1.29, 1.82) is 0 Å². The highest BCUT2D eigenvalue weighted by molar-refractivity contribution is 5.92. The van der Waals surface area contributed by atoms with Gasteiger partial charge in [-0.15, -0.1) is 0 Å². The summed E-state index contributed by atoms with van der Waals surface area (Å²) in [5.41, 5.74) is 4.62. The highest BCUT2D eigenvalue weighted by Gasteiger charge is 2.31. The Balaban J connectivity index is 1.87. The van der Waals surface area contributed by atoms with E-state index in [2.05, 4.69) is 10.4 Å². The second-order valence-corrected chi connectivity index (χ2v) is 6.75. The summed E-state index contributed by atoms with van der Waals surface area (Å²) in [5.74, 6) is -0.169. The number of benzene rings is 2. The number of nitrogens with one attached hydrogen (secondary N) is 1. The minimum absolute atomic E-state index is 0.0735. The molecule has 2 aromatic carbocycles. The van der Waals surface area contributed by atoms with E-state index >= 15 is 0 Å². The predicted molar refractivity (Wildman–Crippen MR) is 108 cm³/mol. The van der Waals surface area contributed by atoms with Gasteiger partial charge >= 0.3 is 6.18 Å². The zero-order valence-electron chi connectivity index (χ0n) is 16.6. The molecule has 0 aliphatic rings. The summed E-state index contributed by atoms with van der Waals surface area (Å²) in [4.78, 5) is 24.9. The van der Waals surface area contributed by atoms with E-state index in [4.69, 9.17) is 10.5 Å². The second-order valence-electron chi connectivity index (χ2n) is 6.75. The van der Waals surface area contributed by atoms with Crippen LogP contribution < -0.4 is 21.3 Å². The molecule has 1 heterocycles. The van der Waals surface area contributed by atoms with Crippen LogP contribution in [0.25, 0.3) is 5.69 Å². The SMILES string of the molecule is COc1cccc(-n2nc(C(=O)N[C@H](C)c3cc(N)cc(C(F)(F)F)c3)ccc2=O)c1. The van der Waals surface area contributed by atoms with Crippen LogP contribution in [0.5, 0.6) is 5.75 Å². The number of halogens is 3. The number of hydrogen-bond donors (Lipinski definition) is 2. The fraction of sp³-hybridized carbons (Fsp3) is 0.190. The van der Waals surface area contributed by atoms with Crippen molar-refractivity contribution >= 4 is 11.6 Å². The molecule has 0 saturated heterocycles. The Labute approximate surface area is 175 Å². The number of aromatic nitrogens is 2. The molecular weight excluding hydrogens is 413 g/mol. The maximum atomic E-state index is 13.0. The number of ether oxygens (including phenoxy) is 1. The molecule has 0 aliphatic heterocycles. The number of alkyl halides is 3. The molecule has 0 saturated carbocycles. The third kappa shape index (κ3) is 5.03. The van der Waals surface area contributed by atoms with Gasteiger partial charge in [-0.05, 0) is 48.9 Å². The number of nitrogens with zero attached hydrogens (tertiary/aromatic N) is 2. The average molecular weight is 432 g/mol. The van der Waals surface area contributed by atoms with Crippen LogP contribution in [0.2, 0.25) is 0 Å². The van der Waals surface area contributed by atoms with E-state index < -0.39 is 29.2 Å². The standard InChI is InChI=1S/C21H19F3N4O3/c1-12(13-8-14(21(22,23)24)10-15(25)9-13)26-20(30)18-6-7-19(29)28(27-18)16-4-3-5-17(11-16)31-2/h3-12H,25H2,1-2H3,(H,26,30)/t12-/m1/s1. The maximum absolute atomic E-state index is 13.0. The molecule has 3 N–H and O–H groups in total. The molecule has 31 heavy (non-hydrogen) atoms. The summed E-state index contributed by atoms with van der Waals surface area (Å²) in [5, 5.41) is 6.65. The van der Waals surface area contributed by atoms with Gasteiger partial charge in [0.1, 0.15) is 11.4 Å². The van der Waals surface area contributed by atoms with Crippen molar-refractivity contribution in [2.24, 2.45) is 0 Å². The van der Waals surface area contributed by atoms with Crippen LogP contribution in [0.3, 0.4) is 0 Å². The Morgan fingerprint density at radius 2 is 1.90 bits per heavy atom. The van der Waals surface area contributed by atoms with Crippen molar-refractivity contribution in [3.8, 4) is 11.4 Å². The third-order valence-electron chi connectivity index (χ3n) is 4.48. The first-order valence-electron chi connectivity index (χ1n) is 9.12. The summed E-state index contributed by atoms with van der Waals surface area (Å²) < 4.78 is 45.3. The van der Waals surface area contributed by atoms with Crippen molar-refractivity contribution in [3.63, 3.8) is 0 Å². The molecule has 1 atom stereocenters. The van der Waals surface area contributed by atoms with Crippen LogP contribution in [0.1, 0.15) is 34.6 Å². The van der Waals surface area contributed by atoms with E-state index in [9.17, 15) is 22.8 Å². The van der Waals surface area contributed by atoms with Crippen molar-refractivity contribution in [1.82, 2.24) is 15.1 Å². The highest BCUT2D eigenvalue weighted by Crippen LogP contribution is 2.32. The zero-order chi connectivity index (χ0) is 22.8. The van der Waals surface area contributed by atoms with E-state index in [1.807, 2.05) is 0 Å². The van der Waals surface area contributed by atoms with Crippen LogP contribution in [0.4, 0.5) is 18.9 Å². The molecule has 1 amide bonds. The van der Waals surface area contributed by atoms with Crippen LogP contribution >= 0.6 is 0 Å². The summed E-state index contributed by atoms with van der Waals surface area (Å²) in [7, 11) is 1.47. The van der Waals surface area contributed by atoms with Crippen LogP contribution in [0, 0.1) is 0 Å². The third-order valence-corrected chi connectivity index (χ3v) is 4.48. The lowest BCUT2D eigenvalue weighted by molar-refractivity contribution is -0.137. The van der Waals surface area contributed by atoms with Gasteiger partial charge in [0.2, 0.25) is 0 Å². The van der Waals surface area contributed by atoms with E-state index in [0.29, 0.717) is 11.4 Å². The van der Waals surface area contributed by atoms with Gasteiger partial charge in [0.15, 0.2) is 0 Å². The molecule has 7 nitrogen and oxygen atoms in total. The van der Waals surface area contributed by atoms with Gasteiger partial charge in [-0.2, -0.15) is 23.0 Å². The molecule has 0 bridgehead atoms. The summed E-state index contributed by atoms with van der Waals surface area (Å²) in [6.45, 7) is 1.52. The molecule has 3 rings (SSSR count). The van der Waals surface area contributed by atoms with Gasteiger partial charge in [-0.3, -0.25) is 9.59 Å². The Bertz CT molecular complexity index is 1180.